The molecule has 4 atom stereocenters. The maximum Gasteiger partial charge on any atom is 1.00 e. The molecule has 1 fully saturated rings. The first kappa shape index (κ1) is 21.0. The van der Waals surface area contributed by atoms with Crippen LogP contribution >= 0.6 is 11.8 Å². The number of amides is 1. The number of nitrogens with zero attached hydrogens (tertiary/aromatic N) is 2. The van der Waals surface area contributed by atoms with E-state index in [0.29, 0.717) is 0 Å². The molecule has 0 unspecified atom stereocenters. The fourth-order valence-corrected chi connectivity index (χ4v) is 4.31. The van der Waals surface area contributed by atoms with Gasteiger partial charge in [0, 0.05) is 23.0 Å². The number of carboxylic acids is 2. The minimum atomic E-state index is -1.56. The molecule has 0 aromatic rings. The van der Waals surface area contributed by atoms with E-state index in [0.717, 1.165) is 16.7 Å². The number of rotatable bonds is 7. The number of fused-ring (bicyclic) bond motifs is 1. The molecule has 0 spiro atoms. The van der Waals surface area contributed by atoms with E-state index in [4.69, 9.17) is 10.4 Å². The van der Waals surface area contributed by atoms with E-state index in [9.17, 15) is 24.6 Å². The van der Waals surface area contributed by atoms with E-state index in [-0.39, 0.29) is 58.8 Å². The second-order valence-electron chi connectivity index (χ2n) is 5.43. The van der Waals surface area contributed by atoms with Crippen LogP contribution in [-0.4, -0.2) is 50.9 Å². The van der Waals surface area contributed by atoms with Crippen molar-refractivity contribution in [2.45, 2.75) is 31.9 Å². The van der Waals surface area contributed by atoms with E-state index in [2.05, 4.69) is 0 Å². The summed E-state index contributed by atoms with van der Waals surface area (Å²) in [6, 6.07) is 1.22. The molecule has 2 aliphatic heterocycles. The number of β-lactam (4-membered cyclic amide) rings is 1. The van der Waals surface area contributed by atoms with Crippen molar-refractivity contribution in [3.63, 3.8) is 0 Å². The van der Waals surface area contributed by atoms with Crippen LogP contribution < -0.4 is 34.7 Å². The molecule has 2 aliphatic rings. The molecule has 1 amide bonds. The molecule has 0 radical (unpaired) electrons. The summed E-state index contributed by atoms with van der Waals surface area (Å²) in [7, 11) is 0. The number of carbonyl (C=O) groups excluding carboxylic acids is 2. The van der Waals surface area contributed by atoms with Crippen LogP contribution in [0.25, 0.3) is 0 Å². The summed E-state index contributed by atoms with van der Waals surface area (Å²) in [6.07, 6.45) is -1.21. The van der Waals surface area contributed by atoms with E-state index >= 15 is 0 Å². The minimum absolute atomic E-state index is 0. The number of hydrogen-bond acceptors (Lipinski definition) is 7. The Morgan fingerprint density at radius 2 is 2.12 bits per heavy atom. The standard InChI is InChI=1S/C14H16N2O6S.Na/c1-6(17)9-10-7(5-8(18)19)12(23-4-2-3-15)11(14(21)22)16(10)13(9)20;/h6-7,9-10,17H,2,4-5H2,1H3,(H,18,19)(H,21,22);/q;+1/p-1/t6-,7-,9-,10-;/m1./s1. The first-order valence-electron chi connectivity index (χ1n) is 6.99. The summed E-state index contributed by atoms with van der Waals surface area (Å²) in [6.45, 7) is 1.41. The Morgan fingerprint density at radius 3 is 2.58 bits per heavy atom. The zero-order valence-corrected chi connectivity index (χ0v) is 16.1. The van der Waals surface area contributed by atoms with Gasteiger partial charge in [-0.1, -0.05) is 0 Å². The number of aliphatic hydroxyl groups excluding tert-OH is 1. The van der Waals surface area contributed by atoms with Crippen LogP contribution in [0, 0.1) is 23.2 Å². The Hall–Kier alpha value is -1.05. The van der Waals surface area contributed by atoms with Gasteiger partial charge in [-0.05, 0) is 6.92 Å². The van der Waals surface area contributed by atoms with Gasteiger partial charge < -0.3 is 25.0 Å². The maximum absolute atomic E-state index is 12.1. The van der Waals surface area contributed by atoms with Crippen LogP contribution in [0.1, 0.15) is 19.8 Å². The maximum atomic E-state index is 12.1. The topological polar surface area (TPSA) is 142 Å². The van der Waals surface area contributed by atoms with Gasteiger partial charge in [0.2, 0.25) is 5.91 Å². The Kier molecular flexibility index (Phi) is 7.31. The van der Waals surface area contributed by atoms with Crippen molar-refractivity contribution >= 4 is 29.6 Å². The van der Waals surface area contributed by atoms with Gasteiger partial charge in [0.1, 0.15) is 0 Å². The van der Waals surface area contributed by atoms with Gasteiger partial charge in [-0.2, -0.15) is 5.26 Å². The van der Waals surface area contributed by atoms with E-state index < -0.39 is 41.8 Å². The van der Waals surface area contributed by atoms with Crippen LogP contribution in [0.5, 0.6) is 0 Å². The van der Waals surface area contributed by atoms with Gasteiger partial charge >= 0.3 is 35.5 Å². The molecule has 24 heavy (non-hydrogen) atoms. The van der Waals surface area contributed by atoms with Crippen LogP contribution in [-0.2, 0) is 14.4 Å². The van der Waals surface area contributed by atoms with Crippen molar-refractivity contribution in [2.75, 3.05) is 5.75 Å². The van der Waals surface area contributed by atoms with Gasteiger partial charge in [0.25, 0.3) is 0 Å². The smallest absolute Gasteiger partial charge is 0.543 e. The molecule has 8 nitrogen and oxygen atoms in total. The molecule has 0 aromatic carbocycles. The largest absolute Gasteiger partial charge is 1.00 e. The Morgan fingerprint density at radius 1 is 1.50 bits per heavy atom. The Labute approximate surface area is 164 Å². The molecule has 0 bridgehead atoms. The number of thioether (sulfide) groups is 1. The molecule has 0 saturated carbocycles. The summed E-state index contributed by atoms with van der Waals surface area (Å²) in [5.74, 6) is -4.50. The molecule has 0 aromatic heterocycles. The zero-order valence-electron chi connectivity index (χ0n) is 13.3. The Balaban J connectivity index is 0.00000288. The normalized spacial score (nSPS) is 26.1. The first-order chi connectivity index (χ1) is 10.8. The van der Waals surface area contributed by atoms with Crippen molar-refractivity contribution in [1.29, 1.82) is 5.26 Å². The number of aliphatic hydroxyl groups is 1. The molecule has 1 saturated heterocycles. The summed E-state index contributed by atoms with van der Waals surface area (Å²) in [5, 5.41) is 38.9. The predicted octanol–water partition coefficient (Wildman–Crippen LogP) is -4.09. The quantitative estimate of drug-likeness (QED) is 0.264. The number of hydrogen-bond donors (Lipinski definition) is 2. The third-order valence-corrected chi connectivity index (χ3v) is 5.21. The molecule has 124 valence electrons. The van der Waals surface area contributed by atoms with E-state index in [1.807, 2.05) is 6.07 Å². The summed E-state index contributed by atoms with van der Waals surface area (Å²) < 4.78 is 0. The van der Waals surface area contributed by atoms with Crippen molar-refractivity contribution in [1.82, 2.24) is 4.90 Å². The van der Waals surface area contributed by atoms with Gasteiger partial charge in [-0.3, -0.25) is 9.59 Å². The van der Waals surface area contributed by atoms with Gasteiger partial charge in [-0.15, -0.1) is 11.8 Å². The number of nitriles is 1. The number of carboxylic acid groups (broad SMARTS) is 2. The average Bonchev–Trinajstić information content (AvgIpc) is 2.69. The third kappa shape index (κ3) is 3.63. The SMILES string of the molecule is C[C@@H](O)[C@H]1C(=O)N2C(C(=O)[O-])=C(SCCC#N)[C@H](CC(=O)O)[C@H]12.[Na+]. The van der Waals surface area contributed by atoms with Crippen molar-refractivity contribution in [3.05, 3.63) is 10.6 Å². The van der Waals surface area contributed by atoms with Crippen molar-refractivity contribution in [2.24, 2.45) is 11.8 Å². The molecule has 2 heterocycles. The first-order valence-corrected chi connectivity index (χ1v) is 7.98. The molecule has 2 N–H and O–H groups in total. The molecule has 2 rings (SSSR count). The van der Waals surface area contributed by atoms with Crippen LogP contribution in [0.15, 0.2) is 10.6 Å². The number of aliphatic carboxylic acids is 2. The third-order valence-electron chi connectivity index (χ3n) is 3.99. The van der Waals surface area contributed by atoms with Crippen LogP contribution in [0.4, 0.5) is 0 Å². The summed E-state index contributed by atoms with van der Waals surface area (Å²) >= 11 is 1.06. The monoisotopic (exact) mass is 362 g/mol. The van der Waals surface area contributed by atoms with E-state index in [1.54, 1.807) is 0 Å². The fourth-order valence-electron chi connectivity index (χ4n) is 3.15. The van der Waals surface area contributed by atoms with Crippen molar-refractivity contribution < 1.29 is 59.3 Å². The second kappa shape index (κ2) is 8.36. The van der Waals surface area contributed by atoms with Crippen molar-refractivity contribution in [3.8, 4) is 6.07 Å². The fraction of sp³-hybridized carbons (Fsp3) is 0.571. The molecule has 0 aliphatic carbocycles. The zero-order chi connectivity index (χ0) is 17.3. The minimum Gasteiger partial charge on any atom is -0.543 e. The molecular formula is C14H15N2NaO6S. The van der Waals surface area contributed by atoms with Crippen LogP contribution in [0.3, 0.4) is 0 Å². The van der Waals surface area contributed by atoms with Gasteiger partial charge in [0.15, 0.2) is 0 Å². The van der Waals surface area contributed by atoms with Gasteiger partial charge in [0.05, 0.1) is 42.2 Å². The molecular weight excluding hydrogens is 347 g/mol. The average molecular weight is 362 g/mol. The number of carbonyl (C=O) groups is 3. The van der Waals surface area contributed by atoms with Gasteiger partial charge in [-0.25, -0.2) is 0 Å². The Bertz CT molecular complexity index is 629. The summed E-state index contributed by atoms with van der Waals surface area (Å²) in [5.41, 5.74) is -0.328. The second-order valence-corrected chi connectivity index (χ2v) is 6.56. The summed E-state index contributed by atoms with van der Waals surface area (Å²) in [4.78, 5) is 36.0. The predicted molar refractivity (Wildman–Crippen MR) is 76.3 cm³/mol. The molecule has 10 heteroatoms. The van der Waals surface area contributed by atoms with E-state index in [1.165, 1.54) is 6.92 Å². The van der Waals surface area contributed by atoms with Crippen LogP contribution in [0.2, 0.25) is 0 Å².